The van der Waals surface area contributed by atoms with Crippen molar-refractivity contribution in [2.45, 2.75) is 65.7 Å². The molecule has 1 heteroatoms. The molecule has 0 heterocycles. The highest BCUT2D eigenvalue weighted by atomic mass is 28.3. The van der Waals surface area contributed by atoms with Crippen molar-refractivity contribution in [3.63, 3.8) is 0 Å². The summed E-state index contributed by atoms with van der Waals surface area (Å²) in [7, 11) is -0.796. The van der Waals surface area contributed by atoms with Crippen LogP contribution in [0.1, 0.15) is 40.0 Å². The quantitative estimate of drug-likeness (QED) is 0.424. The second-order valence-electron chi connectivity index (χ2n) is 6.06. The van der Waals surface area contributed by atoms with Gasteiger partial charge in [-0.15, -0.1) is 0 Å². The van der Waals surface area contributed by atoms with Crippen LogP contribution in [0.2, 0.25) is 25.7 Å². The molecule has 0 nitrogen and oxygen atoms in total. The smallest absolute Gasteiger partial charge is 0.0442 e. The number of rotatable bonds is 6. The van der Waals surface area contributed by atoms with Crippen molar-refractivity contribution < 1.29 is 0 Å². The summed E-state index contributed by atoms with van der Waals surface area (Å²) in [6.45, 7) is 14.2. The van der Waals surface area contributed by atoms with E-state index in [1.54, 1.807) is 0 Å². The first-order chi connectivity index (χ1) is 6.31. The second kappa shape index (κ2) is 6.44. The molecule has 0 rings (SSSR count). The van der Waals surface area contributed by atoms with Gasteiger partial charge in [0.1, 0.15) is 0 Å². The maximum atomic E-state index is 2.47. The van der Waals surface area contributed by atoms with Gasteiger partial charge in [-0.2, -0.15) is 0 Å². The predicted molar refractivity (Wildman–Crippen MR) is 70.6 cm³/mol. The van der Waals surface area contributed by atoms with Crippen molar-refractivity contribution in [2.75, 3.05) is 0 Å². The van der Waals surface area contributed by atoms with Crippen molar-refractivity contribution in [1.29, 1.82) is 0 Å². The minimum absolute atomic E-state index is 0.796. The summed E-state index contributed by atoms with van der Waals surface area (Å²) in [5.41, 5.74) is 1.46. The monoisotopic (exact) mass is 212 g/mol. The lowest BCUT2D eigenvalue weighted by Crippen LogP contribution is -2.19. The molecule has 0 aromatic rings. The lowest BCUT2D eigenvalue weighted by atomic mass is 10.0. The first-order valence-electron chi connectivity index (χ1n) is 5.94. The standard InChI is InChI=1S/C13H28Si/c1-12(2)8-7-9-13(3)10-11-14(4,5)6/h8,13H,7,9-11H2,1-6H3. The van der Waals surface area contributed by atoms with E-state index in [9.17, 15) is 0 Å². The molecule has 0 saturated heterocycles. The molecule has 1 atom stereocenters. The van der Waals surface area contributed by atoms with Crippen LogP contribution in [-0.4, -0.2) is 8.07 Å². The molecular weight excluding hydrogens is 184 g/mol. The molecule has 0 aliphatic carbocycles. The van der Waals surface area contributed by atoms with Gasteiger partial charge in [-0.3, -0.25) is 0 Å². The van der Waals surface area contributed by atoms with Crippen LogP contribution in [0, 0.1) is 5.92 Å². The van der Waals surface area contributed by atoms with Crippen LogP contribution in [-0.2, 0) is 0 Å². The van der Waals surface area contributed by atoms with E-state index in [1.807, 2.05) is 0 Å². The third-order valence-corrected chi connectivity index (χ3v) is 4.39. The highest BCUT2D eigenvalue weighted by Crippen LogP contribution is 2.19. The summed E-state index contributed by atoms with van der Waals surface area (Å²) < 4.78 is 0. The van der Waals surface area contributed by atoms with E-state index in [-0.39, 0.29) is 0 Å². The van der Waals surface area contributed by atoms with E-state index in [4.69, 9.17) is 0 Å². The molecule has 0 amide bonds. The number of allylic oxidation sites excluding steroid dienone is 2. The highest BCUT2D eigenvalue weighted by Gasteiger charge is 2.14. The lowest BCUT2D eigenvalue weighted by Gasteiger charge is -2.18. The molecule has 0 aliphatic heterocycles. The van der Waals surface area contributed by atoms with Crippen LogP contribution in [0.4, 0.5) is 0 Å². The van der Waals surface area contributed by atoms with Crippen LogP contribution in [0.3, 0.4) is 0 Å². The molecule has 0 fully saturated rings. The molecule has 0 spiro atoms. The van der Waals surface area contributed by atoms with Crippen molar-refractivity contribution in [2.24, 2.45) is 5.92 Å². The van der Waals surface area contributed by atoms with E-state index in [2.05, 4.69) is 46.5 Å². The Morgan fingerprint density at radius 3 is 2.14 bits per heavy atom. The number of hydrogen-bond donors (Lipinski definition) is 0. The third-order valence-electron chi connectivity index (χ3n) is 2.60. The topological polar surface area (TPSA) is 0 Å². The van der Waals surface area contributed by atoms with E-state index in [0.29, 0.717) is 0 Å². The molecule has 0 radical (unpaired) electrons. The average molecular weight is 212 g/mol. The van der Waals surface area contributed by atoms with Crippen LogP contribution >= 0.6 is 0 Å². The fourth-order valence-electron chi connectivity index (χ4n) is 1.48. The lowest BCUT2D eigenvalue weighted by molar-refractivity contribution is 0.518. The fraction of sp³-hybridized carbons (Fsp3) is 0.846. The van der Waals surface area contributed by atoms with Crippen molar-refractivity contribution in [3.8, 4) is 0 Å². The number of hydrogen-bond acceptors (Lipinski definition) is 0. The molecule has 0 saturated carbocycles. The molecule has 0 aromatic carbocycles. The van der Waals surface area contributed by atoms with E-state index in [0.717, 1.165) is 5.92 Å². The highest BCUT2D eigenvalue weighted by molar-refractivity contribution is 6.76. The predicted octanol–water partition coefficient (Wildman–Crippen LogP) is 5.10. The van der Waals surface area contributed by atoms with E-state index >= 15 is 0 Å². The first-order valence-corrected chi connectivity index (χ1v) is 9.65. The minimum Gasteiger partial charge on any atom is -0.0859 e. The van der Waals surface area contributed by atoms with Gasteiger partial charge in [-0.1, -0.05) is 50.7 Å². The summed E-state index contributed by atoms with van der Waals surface area (Å²) in [4.78, 5) is 0. The Morgan fingerprint density at radius 1 is 1.14 bits per heavy atom. The zero-order chi connectivity index (χ0) is 11.2. The molecule has 0 bridgehead atoms. The summed E-state index contributed by atoms with van der Waals surface area (Å²) in [6, 6.07) is 1.49. The maximum absolute atomic E-state index is 2.47. The van der Waals surface area contributed by atoms with Crippen molar-refractivity contribution in [3.05, 3.63) is 11.6 Å². The summed E-state index contributed by atoms with van der Waals surface area (Å²) in [5, 5.41) is 0. The molecule has 0 aliphatic rings. The van der Waals surface area contributed by atoms with Gasteiger partial charge in [0, 0.05) is 8.07 Å². The molecule has 0 N–H and O–H groups in total. The zero-order valence-electron chi connectivity index (χ0n) is 11.0. The molecule has 14 heavy (non-hydrogen) atoms. The van der Waals surface area contributed by atoms with Gasteiger partial charge in [-0.05, 0) is 32.6 Å². The maximum Gasteiger partial charge on any atom is 0.0442 e. The summed E-state index contributed by atoms with van der Waals surface area (Å²) >= 11 is 0. The van der Waals surface area contributed by atoms with Gasteiger partial charge in [0.15, 0.2) is 0 Å². The normalized spacial score (nSPS) is 13.9. The SMILES string of the molecule is CC(C)=CCCC(C)CC[Si](C)(C)C. The van der Waals surface area contributed by atoms with Gasteiger partial charge in [0.05, 0.1) is 0 Å². The van der Waals surface area contributed by atoms with Gasteiger partial charge >= 0.3 is 0 Å². The zero-order valence-corrected chi connectivity index (χ0v) is 12.0. The summed E-state index contributed by atoms with van der Waals surface area (Å²) in [5.74, 6) is 0.914. The largest absolute Gasteiger partial charge is 0.0859 e. The van der Waals surface area contributed by atoms with Gasteiger partial charge in [0.2, 0.25) is 0 Å². The average Bonchev–Trinajstić information content (AvgIpc) is 1.99. The van der Waals surface area contributed by atoms with E-state index < -0.39 is 8.07 Å². The van der Waals surface area contributed by atoms with Crippen molar-refractivity contribution in [1.82, 2.24) is 0 Å². The van der Waals surface area contributed by atoms with Gasteiger partial charge < -0.3 is 0 Å². The Morgan fingerprint density at radius 2 is 1.71 bits per heavy atom. The minimum atomic E-state index is -0.796. The Hall–Kier alpha value is -0.0431. The second-order valence-corrected chi connectivity index (χ2v) is 11.7. The first kappa shape index (κ1) is 14.0. The van der Waals surface area contributed by atoms with E-state index in [1.165, 1.54) is 30.9 Å². The van der Waals surface area contributed by atoms with Crippen molar-refractivity contribution >= 4 is 8.07 Å². The molecule has 1 unspecified atom stereocenters. The van der Waals surface area contributed by atoms with Crippen LogP contribution in [0.15, 0.2) is 11.6 Å². The fourth-order valence-corrected chi connectivity index (χ4v) is 2.84. The Bertz CT molecular complexity index is 170. The third kappa shape index (κ3) is 10.0. The Balaban J connectivity index is 3.56. The van der Waals surface area contributed by atoms with Gasteiger partial charge in [0.25, 0.3) is 0 Å². The molecule has 84 valence electrons. The summed E-state index contributed by atoms with van der Waals surface area (Å²) in [6.07, 6.45) is 6.45. The van der Waals surface area contributed by atoms with Crippen LogP contribution < -0.4 is 0 Å². The van der Waals surface area contributed by atoms with Gasteiger partial charge in [-0.25, -0.2) is 0 Å². The Labute approximate surface area is 91.8 Å². The molecular formula is C13H28Si. The van der Waals surface area contributed by atoms with Crippen LogP contribution in [0.5, 0.6) is 0 Å². The van der Waals surface area contributed by atoms with Crippen LogP contribution in [0.25, 0.3) is 0 Å². The molecule has 0 aromatic heterocycles. The Kier molecular flexibility index (Phi) is 6.42.